The SMILES string of the molecule is CN(Cc1cccc(CN)c1)C(=O)c1cccc(F)c1. The van der Waals surface area contributed by atoms with Crippen molar-refractivity contribution in [3.8, 4) is 0 Å². The van der Waals surface area contributed by atoms with E-state index in [9.17, 15) is 9.18 Å². The maximum absolute atomic E-state index is 13.1. The first-order valence-electron chi connectivity index (χ1n) is 6.39. The number of carbonyl (C=O) groups is 1. The number of carbonyl (C=O) groups excluding carboxylic acids is 1. The molecule has 0 heterocycles. The molecule has 0 saturated carbocycles. The highest BCUT2D eigenvalue weighted by atomic mass is 19.1. The Hall–Kier alpha value is -2.20. The molecule has 0 radical (unpaired) electrons. The van der Waals surface area contributed by atoms with Gasteiger partial charge in [-0.25, -0.2) is 4.39 Å². The summed E-state index contributed by atoms with van der Waals surface area (Å²) < 4.78 is 13.1. The maximum Gasteiger partial charge on any atom is 0.253 e. The van der Waals surface area contributed by atoms with Gasteiger partial charge in [-0.1, -0.05) is 30.3 Å². The topological polar surface area (TPSA) is 46.3 Å². The molecule has 2 N–H and O–H groups in total. The van der Waals surface area contributed by atoms with Crippen LogP contribution in [-0.4, -0.2) is 17.9 Å². The average Bonchev–Trinajstić information content (AvgIpc) is 2.46. The van der Waals surface area contributed by atoms with Crippen molar-refractivity contribution < 1.29 is 9.18 Å². The van der Waals surface area contributed by atoms with Crippen LogP contribution in [0.3, 0.4) is 0 Å². The first kappa shape index (κ1) is 14.2. The number of rotatable bonds is 4. The highest BCUT2D eigenvalue weighted by molar-refractivity contribution is 5.94. The minimum absolute atomic E-state index is 0.206. The third kappa shape index (κ3) is 3.42. The van der Waals surface area contributed by atoms with Crippen LogP contribution >= 0.6 is 0 Å². The van der Waals surface area contributed by atoms with Crippen molar-refractivity contribution in [1.82, 2.24) is 4.90 Å². The predicted octanol–water partition coefficient (Wildman–Crippen LogP) is 2.56. The van der Waals surface area contributed by atoms with Gasteiger partial charge in [0.2, 0.25) is 0 Å². The van der Waals surface area contributed by atoms with Crippen LogP contribution in [0.5, 0.6) is 0 Å². The van der Waals surface area contributed by atoms with Crippen molar-refractivity contribution in [2.24, 2.45) is 5.73 Å². The van der Waals surface area contributed by atoms with Gasteiger partial charge >= 0.3 is 0 Å². The lowest BCUT2D eigenvalue weighted by Gasteiger charge is -2.17. The molecule has 0 saturated heterocycles. The lowest BCUT2D eigenvalue weighted by Crippen LogP contribution is -2.26. The van der Waals surface area contributed by atoms with Crippen LogP contribution in [0.15, 0.2) is 48.5 Å². The van der Waals surface area contributed by atoms with Crippen LogP contribution in [0, 0.1) is 5.82 Å². The highest BCUT2D eigenvalue weighted by Gasteiger charge is 2.12. The number of nitrogens with two attached hydrogens (primary N) is 1. The van der Waals surface area contributed by atoms with Crippen molar-refractivity contribution >= 4 is 5.91 Å². The Bertz CT molecular complexity index is 613. The van der Waals surface area contributed by atoms with E-state index in [4.69, 9.17) is 5.73 Å². The van der Waals surface area contributed by atoms with E-state index in [2.05, 4.69) is 0 Å². The molecular formula is C16H17FN2O. The molecule has 2 rings (SSSR count). The van der Waals surface area contributed by atoms with E-state index in [1.807, 2.05) is 24.3 Å². The number of amides is 1. The summed E-state index contributed by atoms with van der Waals surface area (Å²) in [5.74, 6) is -0.614. The summed E-state index contributed by atoms with van der Waals surface area (Å²) >= 11 is 0. The van der Waals surface area contributed by atoms with Crippen molar-refractivity contribution in [3.05, 3.63) is 71.0 Å². The molecule has 0 atom stereocenters. The molecule has 2 aromatic rings. The van der Waals surface area contributed by atoms with E-state index in [0.29, 0.717) is 18.7 Å². The highest BCUT2D eigenvalue weighted by Crippen LogP contribution is 2.11. The molecule has 20 heavy (non-hydrogen) atoms. The summed E-state index contributed by atoms with van der Waals surface area (Å²) in [6.07, 6.45) is 0. The largest absolute Gasteiger partial charge is 0.337 e. The van der Waals surface area contributed by atoms with Gasteiger partial charge < -0.3 is 10.6 Å². The van der Waals surface area contributed by atoms with Gasteiger partial charge in [-0.05, 0) is 29.3 Å². The van der Waals surface area contributed by atoms with Gasteiger partial charge in [0.05, 0.1) is 0 Å². The molecule has 104 valence electrons. The van der Waals surface area contributed by atoms with E-state index in [1.54, 1.807) is 18.0 Å². The molecule has 3 nitrogen and oxygen atoms in total. The fourth-order valence-electron chi connectivity index (χ4n) is 2.04. The van der Waals surface area contributed by atoms with E-state index in [-0.39, 0.29) is 5.91 Å². The normalized spacial score (nSPS) is 10.3. The Morgan fingerprint density at radius 3 is 2.55 bits per heavy atom. The van der Waals surface area contributed by atoms with Gasteiger partial charge in [0.25, 0.3) is 5.91 Å². The smallest absolute Gasteiger partial charge is 0.253 e. The Morgan fingerprint density at radius 2 is 1.85 bits per heavy atom. The molecular weight excluding hydrogens is 255 g/mol. The zero-order valence-electron chi connectivity index (χ0n) is 11.3. The summed E-state index contributed by atoms with van der Waals surface area (Å²) in [6, 6.07) is 13.5. The monoisotopic (exact) mass is 272 g/mol. The zero-order chi connectivity index (χ0) is 14.5. The predicted molar refractivity (Wildman–Crippen MR) is 76.5 cm³/mol. The molecule has 1 amide bonds. The Labute approximate surface area is 117 Å². The molecule has 0 aromatic heterocycles. The van der Waals surface area contributed by atoms with Crippen molar-refractivity contribution in [1.29, 1.82) is 0 Å². The van der Waals surface area contributed by atoms with Gasteiger partial charge in [0.15, 0.2) is 0 Å². The van der Waals surface area contributed by atoms with Gasteiger partial charge in [-0.2, -0.15) is 0 Å². The van der Waals surface area contributed by atoms with Gasteiger partial charge in [-0.15, -0.1) is 0 Å². The number of nitrogens with zero attached hydrogens (tertiary/aromatic N) is 1. The fourth-order valence-corrected chi connectivity index (χ4v) is 2.04. The molecule has 2 aromatic carbocycles. The Morgan fingerprint density at radius 1 is 1.15 bits per heavy atom. The summed E-state index contributed by atoms with van der Waals surface area (Å²) in [5, 5.41) is 0. The molecule has 0 fully saturated rings. The van der Waals surface area contributed by atoms with Crippen molar-refractivity contribution in [2.45, 2.75) is 13.1 Å². The second kappa shape index (κ2) is 6.30. The lowest BCUT2D eigenvalue weighted by atomic mass is 10.1. The number of halogens is 1. The number of hydrogen-bond donors (Lipinski definition) is 1. The molecule has 0 aliphatic heterocycles. The maximum atomic E-state index is 13.1. The van der Waals surface area contributed by atoms with Crippen LogP contribution in [0.2, 0.25) is 0 Å². The molecule has 4 heteroatoms. The standard InChI is InChI=1S/C16H17FN2O/c1-19(11-13-5-2-4-12(8-13)10-18)16(20)14-6-3-7-15(17)9-14/h2-9H,10-11,18H2,1H3. The van der Waals surface area contributed by atoms with Crippen LogP contribution in [0.4, 0.5) is 4.39 Å². The zero-order valence-corrected chi connectivity index (χ0v) is 11.3. The minimum atomic E-state index is -0.408. The van der Waals surface area contributed by atoms with Crippen LogP contribution < -0.4 is 5.73 Å². The molecule has 0 spiro atoms. The molecule has 0 bridgehead atoms. The van der Waals surface area contributed by atoms with Gasteiger partial charge in [0, 0.05) is 25.7 Å². The minimum Gasteiger partial charge on any atom is -0.337 e. The second-order valence-electron chi connectivity index (χ2n) is 4.70. The summed E-state index contributed by atoms with van der Waals surface area (Å²) in [7, 11) is 1.70. The van der Waals surface area contributed by atoms with Crippen molar-refractivity contribution in [3.63, 3.8) is 0 Å². The van der Waals surface area contributed by atoms with Crippen LogP contribution in [0.1, 0.15) is 21.5 Å². The molecule has 0 unspecified atom stereocenters. The van der Waals surface area contributed by atoms with E-state index in [1.165, 1.54) is 18.2 Å². The number of benzene rings is 2. The van der Waals surface area contributed by atoms with Crippen LogP contribution in [-0.2, 0) is 13.1 Å². The van der Waals surface area contributed by atoms with E-state index in [0.717, 1.165) is 11.1 Å². The molecule has 0 aliphatic rings. The van der Waals surface area contributed by atoms with Crippen LogP contribution in [0.25, 0.3) is 0 Å². The third-order valence-electron chi connectivity index (χ3n) is 3.07. The lowest BCUT2D eigenvalue weighted by molar-refractivity contribution is 0.0784. The fraction of sp³-hybridized carbons (Fsp3) is 0.188. The Balaban J connectivity index is 2.11. The summed E-state index contributed by atoms with van der Waals surface area (Å²) in [6.45, 7) is 0.929. The van der Waals surface area contributed by atoms with Crippen molar-refractivity contribution in [2.75, 3.05) is 7.05 Å². The van der Waals surface area contributed by atoms with Gasteiger partial charge in [-0.3, -0.25) is 4.79 Å². The quantitative estimate of drug-likeness (QED) is 0.929. The van der Waals surface area contributed by atoms with E-state index >= 15 is 0 Å². The second-order valence-corrected chi connectivity index (χ2v) is 4.70. The Kier molecular flexibility index (Phi) is 4.48. The third-order valence-corrected chi connectivity index (χ3v) is 3.07. The van der Waals surface area contributed by atoms with E-state index < -0.39 is 5.82 Å². The summed E-state index contributed by atoms with van der Waals surface area (Å²) in [5.41, 5.74) is 7.97. The summed E-state index contributed by atoms with van der Waals surface area (Å²) in [4.78, 5) is 13.8. The first-order chi connectivity index (χ1) is 9.60. The van der Waals surface area contributed by atoms with Gasteiger partial charge in [0.1, 0.15) is 5.82 Å². The number of hydrogen-bond acceptors (Lipinski definition) is 2. The first-order valence-corrected chi connectivity index (χ1v) is 6.39. The molecule has 0 aliphatic carbocycles. The average molecular weight is 272 g/mol.